The van der Waals surface area contributed by atoms with E-state index in [1.54, 1.807) is 28.9 Å². The number of thiophene rings is 2. The fraction of sp³-hybridized carbons (Fsp3) is 0. The highest BCUT2D eigenvalue weighted by atomic mass is 32.1. The summed E-state index contributed by atoms with van der Waals surface area (Å²) >= 11 is 3.24. The average Bonchev–Trinajstić information content (AvgIpc) is 3.48. The molecular formula is C20H14N6S2. The summed E-state index contributed by atoms with van der Waals surface area (Å²) in [4.78, 5) is 10.0. The molecule has 0 aliphatic heterocycles. The lowest BCUT2D eigenvalue weighted by Crippen LogP contribution is -2.02. The molecule has 28 heavy (non-hydrogen) atoms. The van der Waals surface area contributed by atoms with Gasteiger partial charge in [0.25, 0.3) is 5.95 Å². The molecule has 136 valence electrons. The molecule has 0 spiro atoms. The van der Waals surface area contributed by atoms with Gasteiger partial charge in [-0.2, -0.15) is 5.10 Å². The van der Waals surface area contributed by atoms with Crippen molar-refractivity contribution in [3.8, 4) is 21.1 Å². The molecule has 5 rings (SSSR count). The maximum atomic E-state index is 4.65. The number of nitrogens with one attached hydrogen (secondary N) is 2. The van der Waals surface area contributed by atoms with Crippen LogP contribution in [0.2, 0.25) is 0 Å². The first-order valence-electron chi connectivity index (χ1n) is 8.56. The van der Waals surface area contributed by atoms with Gasteiger partial charge in [0, 0.05) is 10.9 Å². The highest BCUT2D eigenvalue weighted by molar-refractivity contribution is 7.14. The normalized spacial score (nSPS) is 11.4. The third-order valence-electron chi connectivity index (χ3n) is 4.11. The summed E-state index contributed by atoms with van der Waals surface area (Å²) in [7, 11) is 0. The maximum Gasteiger partial charge on any atom is 0.263 e. The first-order valence-corrected chi connectivity index (χ1v) is 10.3. The second kappa shape index (κ2) is 7.34. The van der Waals surface area contributed by atoms with Crippen LogP contribution < -0.4 is 5.43 Å². The fourth-order valence-electron chi connectivity index (χ4n) is 2.86. The van der Waals surface area contributed by atoms with Crippen molar-refractivity contribution in [2.75, 3.05) is 5.43 Å². The van der Waals surface area contributed by atoms with Crippen LogP contribution in [0.1, 0.15) is 5.69 Å². The number of benzene rings is 1. The molecule has 0 saturated carbocycles. The highest BCUT2D eigenvalue weighted by Gasteiger charge is 2.15. The lowest BCUT2D eigenvalue weighted by atomic mass is 10.2. The number of hydrazone groups is 1. The summed E-state index contributed by atoms with van der Waals surface area (Å²) in [6.07, 6.45) is 1.71. The van der Waals surface area contributed by atoms with E-state index in [0.29, 0.717) is 5.95 Å². The van der Waals surface area contributed by atoms with E-state index in [-0.39, 0.29) is 0 Å². The molecule has 0 bridgehead atoms. The van der Waals surface area contributed by atoms with Crippen LogP contribution in [-0.2, 0) is 0 Å². The van der Waals surface area contributed by atoms with Gasteiger partial charge < -0.3 is 4.98 Å². The Labute approximate surface area is 168 Å². The van der Waals surface area contributed by atoms with E-state index in [1.807, 2.05) is 59.3 Å². The minimum absolute atomic E-state index is 0.357. The molecule has 2 N–H and O–H groups in total. The standard InChI is InChI=1S/C20H14N6S2/c1-2-6-15-13(5-1)11-14(22-15)12-21-25-20-23-18(16-7-3-9-27-16)19(24-26-20)17-8-4-10-28-17/h1-12,22H,(H,23,25,26)/b21-12+. The largest absolute Gasteiger partial charge is 0.354 e. The number of aromatic amines is 1. The molecule has 0 amide bonds. The van der Waals surface area contributed by atoms with Gasteiger partial charge in [-0.1, -0.05) is 30.3 Å². The van der Waals surface area contributed by atoms with Crippen molar-refractivity contribution in [1.82, 2.24) is 20.2 Å². The predicted octanol–water partition coefficient (Wildman–Crippen LogP) is 5.26. The molecule has 0 aliphatic carbocycles. The molecule has 8 heteroatoms. The molecule has 0 saturated heterocycles. The molecule has 0 unspecified atom stereocenters. The lowest BCUT2D eigenvalue weighted by Gasteiger charge is -2.05. The Bertz CT molecular complexity index is 1210. The topological polar surface area (TPSA) is 78.8 Å². The summed E-state index contributed by atoms with van der Waals surface area (Å²) in [5.41, 5.74) is 6.44. The van der Waals surface area contributed by atoms with Crippen molar-refractivity contribution in [2.45, 2.75) is 0 Å². The van der Waals surface area contributed by atoms with E-state index in [4.69, 9.17) is 0 Å². The van der Waals surface area contributed by atoms with Crippen molar-refractivity contribution >= 4 is 45.7 Å². The van der Waals surface area contributed by atoms with Gasteiger partial charge in [0.15, 0.2) is 0 Å². The first-order chi connectivity index (χ1) is 13.9. The Balaban J connectivity index is 1.43. The molecule has 4 aromatic heterocycles. The van der Waals surface area contributed by atoms with Crippen molar-refractivity contribution in [3.63, 3.8) is 0 Å². The summed E-state index contributed by atoms with van der Waals surface area (Å²) in [6.45, 7) is 0. The van der Waals surface area contributed by atoms with Crippen molar-refractivity contribution in [2.24, 2.45) is 5.10 Å². The monoisotopic (exact) mass is 402 g/mol. The summed E-state index contributed by atoms with van der Waals surface area (Å²) in [5, 5.41) is 18.0. The van der Waals surface area contributed by atoms with E-state index in [1.165, 1.54) is 0 Å². The summed E-state index contributed by atoms with van der Waals surface area (Å²) in [5.74, 6) is 0.357. The van der Waals surface area contributed by atoms with Crippen LogP contribution in [0.3, 0.4) is 0 Å². The Kier molecular flexibility index (Phi) is 4.40. The smallest absolute Gasteiger partial charge is 0.263 e. The van der Waals surface area contributed by atoms with Crippen LogP contribution in [0.5, 0.6) is 0 Å². The average molecular weight is 403 g/mol. The number of hydrogen-bond acceptors (Lipinski definition) is 7. The van der Waals surface area contributed by atoms with Crippen LogP contribution >= 0.6 is 22.7 Å². The van der Waals surface area contributed by atoms with Crippen molar-refractivity contribution in [1.29, 1.82) is 0 Å². The second-order valence-corrected chi connectivity index (χ2v) is 7.86. The number of anilines is 1. The number of hydrogen-bond donors (Lipinski definition) is 2. The minimum Gasteiger partial charge on any atom is -0.354 e. The van der Waals surface area contributed by atoms with E-state index in [2.05, 4.69) is 36.8 Å². The van der Waals surface area contributed by atoms with E-state index >= 15 is 0 Å². The quantitative estimate of drug-likeness (QED) is 0.311. The van der Waals surface area contributed by atoms with Gasteiger partial charge in [0.2, 0.25) is 0 Å². The highest BCUT2D eigenvalue weighted by Crippen LogP contribution is 2.33. The Morgan fingerprint density at radius 3 is 2.43 bits per heavy atom. The molecule has 0 atom stereocenters. The molecule has 1 aromatic carbocycles. The second-order valence-electron chi connectivity index (χ2n) is 5.97. The zero-order chi connectivity index (χ0) is 18.8. The summed E-state index contributed by atoms with van der Waals surface area (Å²) in [6, 6.07) is 18.2. The van der Waals surface area contributed by atoms with Crippen LogP contribution in [0, 0.1) is 0 Å². The Morgan fingerprint density at radius 2 is 1.68 bits per heavy atom. The summed E-state index contributed by atoms with van der Waals surface area (Å²) < 4.78 is 0. The van der Waals surface area contributed by atoms with E-state index in [9.17, 15) is 0 Å². The van der Waals surface area contributed by atoms with Gasteiger partial charge in [-0.3, -0.25) is 0 Å². The lowest BCUT2D eigenvalue weighted by molar-refractivity contribution is 0.977. The Hall–Kier alpha value is -3.36. The fourth-order valence-corrected chi connectivity index (χ4v) is 4.29. The molecule has 0 fully saturated rings. The third kappa shape index (κ3) is 3.30. The van der Waals surface area contributed by atoms with Gasteiger partial charge in [-0.15, -0.1) is 32.9 Å². The zero-order valence-electron chi connectivity index (χ0n) is 14.5. The van der Waals surface area contributed by atoms with Gasteiger partial charge in [0.1, 0.15) is 11.4 Å². The van der Waals surface area contributed by atoms with Gasteiger partial charge in [-0.05, 0) is 35.0 Å². The van der Waals surface area contributed by atoms with Crippen molar-refractivity contribution in [3.05, 3.63) is 71.1 Å². The van der Waals surface area contributed by atoms with Gasteiger partial charge >= 0.3 is 0 Å². The molecular weight excluding hydrogens is 388 g/mol. The number of fused-ring (bicyclic) bond motifs is 1. The Morgan fingerprint density at radius 1 is 0.893 bits per heavy atom. The molecule has 4 heterocycles. The van der Waals surface area contributed by atoms with Crippen LogP contribution in [0.15, 0.2) is 70.5 Å². The minimum atomic E-state index is 0.357. The maximum absolute atomic E-state index is 4.65. The van der Waals surface area contributed by atoms with Gasteiger partial charge in [0.05, 0.1) is 21.7 Å². The molecule has 0 radical (unpaired) electrons. The number of rotatable bonds is 5. The number of nitrogens with zero attached hydrogens (tertiary/aromatic N) is 4. The molecule has 0 aliphatic rings. The SMILES string of the molecule is C(=N\Nc1nnc(-c2cccs2)c(-c2cccs2)n1)/c1cc2ccccc2[nH]1. The number of H-pyrrole nitrogens is 1. The number of aromatic nitrogens is 4. The zero-order valence-corrected chi connectivity index (χ0v) is 16.2. The predicted molar refractivity (Wildman–Crippen MR) is 116 cm³/mol. The van der Waals surface area contributed by atoms with Crippen LogP contribution in [0.4, 0.5) is 5.95 Å². The molecule has 5 aromatic rings. The van der Waals surface area contributed by atoms with E-state index < -0.39 is 0 Å². The third-order valence-corrected chi connectivity index (χ3v) is 5.87. The number of para-hydroxylation sites is 1. The van der Waals surface area contributed by atoms with Crippen LogP contribution in [-0.4, -0.2) is 26.4 Å². The van der Waals surface area contributed by atoms with Crippen molar-refractivity contribution < 1.29 is 0 Å². The molecule has 6 nitrogen and oxygen atoms in total. The first kappa shape index (κ1) is 16.8. The van der Waals surface area contributed by atoms with Crippen LogP contribution in [0.25, 0.3) is 32.0 Å². The van der Waals surface area contributed by atoms with Gasteiger partial charge in [-0.25, -0.2) is 10.4 Å². The van der Waals surface area contributed by atoms with E-state index in [0.717, 1.165) is 37.7 Å².